The highest BCUT2D eigenvalue weighted by Crippen LogP contribution is 2.33. The van der Waals surface area contributed by atoms with Gasteiger partial charge in [-0.3, -0.25) is 10.2 Å². The molecule has 10 heteroatoms. The molecule has 1 aromatic heterocycles. The van der Waals surface area contributed by atoms with Gasteiger partial charge in [0.05, 0.1) is 12.8 Å². The minimum Gasteiger partial charge on any atom is -0.490 e. The minimum absolute atomic E-state index is 0.125. The van der Waals surface area contributed by atoms with Gasteiger partial charge in [-0.25, -0.2) is 4.98 Å². The molecule has 0 unspecified atom stereocenters. The standard InChI is InChI=1S/C21H22BrN5O3S/c1-2-29-17-8-15(11-25-27-21-26-19(23)13-31-21)16(22)9-18(17)30-12-20(28)24-10-14-6-4-3-5-7-14/h3-9,11,13H,2,10,12,23H2,1H3,(H,24,28)(H,26,27). The molecule has 1 heterocycles. The summed E-state index contributed by atoms with van der Waals surface area (Å²) in [4.78, 5) is 16.2. The maximum absolute atomic E-state index is 12.2. The number of halogens is 1. The smallest absolute Gasteiger partial charge is 0.258 e. The lowest BCUT2D eigenvalue weighted by Crippen LogP contribution is -2.28. The van der Waals surface area contributed by atoms with Gasteiger partial charge in [0, 0.05) is 22.0 Å². The Bertz CT molecular complexity index is 1040. The van der Waals surface area contributed by atoms with Crippen LogP contribution in [0.3, 0.4) is 0 Å². The predicted octanol–water partition coefficient (Wildman–Crippen LogP) is 4.03. The van der Waals surface area contributed by atoms with Crippen LogP contribution in [-0.4, -0.2) is 30.3 Å². The van der Waals surface area contributed by atoms with Gasteiger partial charge in [0.15, 0.2) is 18.1 Å². The Morgan fingerprint density at radius 1 is 1.26 bits per heavy atom. The van der Waals surface area contributed by atoms with Gasteiger partial charge < -0.3 is 20.5 Å². The summed E-state index contributed by atoms with van der Waals surface area (Å²) in [5.41, 5.74) is 10.2. The summed E-state index contributed by atoms with van der Waals surface area (Å²) < 4.78 is 12.1. The van der Waals surface area contributed by atoms with E-state index in [1.54, 1.807) is 23.7 Å². The number of benzene rings is 2. The van der Waals surface area contributed by atoms with Gasteiger partial charge >= 0.3 is 0 Å². The molecule has 0 saturated heterocycles. The summed E-state index contributed by atoms with van der Waals surface area (Å²) in [6.07, 6.45) is 1.63. The number of ether oxygens (including phenoxy) is 2. The number of thiazole rings is 1. The number of carbonyl (C=O) groups excluding carboxylic acids is 1. The third-order valence-corrected chi connectivity index (χ3v) is 5.39. The molecule has 0 atom stereocenters. The summed E-state index contributed by atoms with van der Waals surface area (Å²) in [5, 5.41) is 9.32. The molecule has 0 spiro atoms. The molecule has 0 fully saturated rings. The normalized spacial score (nSPS) is 10.8. The highest BCUT2D eigenvalue weighted by Gasteiger charge is 2.12. The first kappa shape index (κ1) is 22.6. The summed E-state index contributed by atoms with van der Waals surface area (Å²) >= 11 is 4.86. The number of anilines is 2. The van der Waals surface area contributed by atoms with Crippen LogP contribution in [0.1, 0.15) is 18.1 Å². The molecule has 4 N–H and O–H groups in total. The van der Waals surface area contributed by atoms with E-state index in [0.29, 0.717) is 35.6 Å². The van der Waals surface area contributed by atoms with E-state index in [1.807, 2.05) is 37.3 Å². The van der Waals surface area contributed by atoms with E-state index >= 15 is 0 Å². The molecule has 0 saturated carbocycles. The molecule has 3 aromatic rings. The van der Waals surface area contributed by atoms with Gasteiger partial charge in [-0.05, 0) is 40.5 Å². The van der Waals surface area contributed by atoms with E-state index in [4.69, 9.17) is 15.2 Å². The van der Waals surface area contributed by atoms with Gasteiger partial charge in [0.25, 0.3) is 5.91 Å². The number of hydrazone groups is 1. The molecule has 0 bridgehead atoms. The van der Waals surface area contributed by atoms with Crippen LogP contribution in [-0.2, 0) is 11.3 Å². The lowest BCUT2D eigenvalue weighted by molar-refractivity contribution is -0.123. The molecule has 0 aliphatic heterocycles. The predicted molar refractivity (Wildman–Crippen MR) is 127 cm³/mol. The van der Waals surface area contributed by atoms with Crippen LogP contribution in [0.15, 0.2) is 57.4 Å². The first-order chi connectivity index (χ1) is 15.0. The van der Waals surface area contributed by atoms with E-state index in [-0.39, 0.29) is 12.5 Å². The molecule has 1 amide bonds. The van der Waals surface area contributed by atoms with Gasteiger partial charge in [0.2, 0.25) is 5.13 Å². The van der Waals surface area contributed by atoms with Gasteiger partial charge in [-0.2, -0.15) is 5.10 Å². The van der Waals surface area contributed by atoms with E-state index in [0.717, 1.165) is 15.6 Å². The van der Waals surface area contributed by atoms with Gasteiger partial charge in [-0.1, -0.05) is 30.3 Å². The maximum Gasteiger partial charge on any atom is 0.258 e. The number of hydrogen-bond donors (Lipinski definition) is 3. The Labute approximate surface area is 192 Å². The summed E-state index contributed by atoms with van der Waals surface area (Å²) in [6, 6.07) is 13.2. The van der Waals surface area contributed by atoms with Gasteiger partial charge in [-0.15, -0.1) is 11.3 Å². The van der Waals surface area contributed by atoms with Crippen LogP contribution in [0.25, 0.3) is 0 Å². The first-order valence-corrected chi connectivity index (χ1v) is 11.1. The Kier molecular flexibility index (Phi) is 8.25. The van der Waals surface area contributed by atoms with Crippen LogP contribution in [0.2, 0.25) is 0 Å². The highest BCUT2D eigenvalue weighted by atomic mass is 79.9. The lowest BCUT2D eigenvalue weighted by Gasteiger charge is -2.14. The Morgan fingerprint density at radius 3 is 2.74 bits per heavy atom. The number of nitrogens with one attached hydrogen (secondary N) is 2. The fourth-order valence-corrected chi connectivity index (χ4v) is 3.49. The summed E-state index contributed by atoms with van der Waals surface area (Å²) in [7, 11) is 0. The van der Waals surface area contributed by atoms with E-state index in [1.165, 1.54) is 11.3 Å². The van der Waals surface area contributed by atoms with Crippen molar-refractivity contribution in [3.8, 4) is 11.5 Å². The zero-order valence-electron chi connectivity index (χ0n) is 16.8. The third kappa shape index (κ3) is 6.97. The molecule has 0 aliphatic carbocycles. The molecule has 8 nitrogen and oxygen atoms in total. The maximum atomic E-state index is 12.2. The number of nitrogens with zero attached hydrogens (tertiary/aromatic N) is 2. The average molecular weight is 504 g/mol. The summed E-state index contributed by atoms with van der Waals surface area (Å²) in [5.74, 6) is 1.19. The van der Waals surface area contributed by atoms with Crippen LogP contribution in [0.5, 0.6) is 11.5 Å². The zero-order chi connectivity index (χ0) is 22.1. The molecule has 0 radical (unpaired) electrons. The van der Waals surface area contributed by atoms with Crippen LogP contribution in [0, 0.1) is 0 Å². The van der Waals surface area contributed by atoms with E-state index in [2.05, 4.69) is 36.8 Å². The second-order valence-electron chi connectivity index (χ2n) is 6.25. The lowest BCUT2D eigenvalue weighted by atomic mass is 10.2. The number of hydrogen-bond acceptors (Lipinski definition) is 8. The topological polar surface area (TPSA) is 111 Å². The van der Waals surface area contributed by atoms with Crippen molar-refractivity contribution in [1.29, 1.82) is 0 Å². The van der Waals surface area contributed by atoms with Crippen molar-refractivity contribution in [1.82, 2.24) is 10.3 Å². The Morgan fingerprint density at radius 2 is 2.03 bits per heavy atom. The molecule has 0 aliphatic rings. The van der Waals surface area contributed by atoms with Crippen molar-refractivity contribution in [2.45, 2.75) is 13.5 Å². The van der Waals surface area contributed by atoms with Crippen LogP contribution < -0.4 is 25.9 Å². The zero-order valence-corrected chi connectivity index (χ0v) is 19.2. The molecule has 162 valence electrons. The van der Waals surface area contributed by atoms with Crippen LogP contribution >= 0.6 is 27.3 Å². The molecule has 3 rings (SSSR count). The Hall–Kier alpha value is -3.11. The third-order valence-electron chi connectivity index (χ3n) is 3.94. The summed E-state index contributed by atoms with van der Waals surface area (Å²) in [6.45, 7) is 2.64. The van der Waals surface area contributed by atoms with Crippen molar-refractivity contribution in [3.63, 3.8) is 0 Å². The molecular formula is C21H22BrN5O3S. The number of nitrogen functional groups attached to an aromatic ring is 1. The molecule has 2 aromatic carbocycles. The van der Waals surface area contributed by atoms with Gasteiger partial charge in [0.1, 0.15) is 5.82 Å². The SMILES string of the molecule is CCOc1cc(C=NNc2nc(N)cs2)c(Br)cc1OCC(=O)NCc1ccccc1. The number of nitrogens with two attached hydrogens (primary N) is 1. The quantitative estimate of drug-likeness (QED) is 0.284. The largest absolute Gasteiger partial charge is 0.490 e. The van der Waals surface area contributed by atoms with Crippen molar-refractivity contribution in [3.05, 3.63) is 63.4 Å². The van der Waals surface area contributed by atoms with Crippen molar-refractivity contribution < 1.29 is 14.3 Å². The minimum atomic E-state index is -0.222. The van der Waals surface area contributed by atoms with Crippen molar-refractivity contribution >= 4 is 50.3 Å². The number of aromatic nitrogens is 1. The second-order valence-corrected chi connectivity index (χ2v) is 7.96. The van der Waals surface area contributed by atoms with Crippen molar-refractivity contribution in [2.75, 3.05) is 24.4 Å². The monoisotopic (exact) mass is 503 g/mol. The number of amides is 1. The highest BCUT2D eigenvalue weighted by molar-refractivity contribution is 9.10. The second kappa shape index (κ2) is 11.3. The van der Waals surface area contributed by atoms with Crippen LogP contribution in [0.4, 0.5) is 10.9 Å². The van der Waals surface area contributed by atoms with E-state index < -0.39 is 0 Å². The fourth-order valence-electron chi connectivity index (χ4n) is 2.52. The molecule has 31 heavy (non-hydrogen) atoms. The first-order valence-electron chi connectivity index (χ1n) is 9.45. The number of rotatable bonds is 10. The van der Waals surface area contributed by atoms with E-state index in [9.17, 15) is 4.79 Å². The Balaban J connectivity index is 1.61. The fraction of sp³-hybridized carbons (Fsp3) is 0.190. The number of carbonyl (C=O) groups is 1. The molecular weight excluding hydrogens is 482 g/mol. The average Bonchev–Trinajstić information content (AvgIpc) is 3.19. The van der Waals surface area contributed by atoms with Crippen molar-refractivity contribution in [2.24, 2.45) is 5.10 Å².